The molecule has 0 bridgehead atoms. The van der Waals surface area contributed by atoms with Crippen molar-refractivity contribution in [2.75, 3.05) is 13.1 Å². The summed E-state index contributed by atoms with van der Waals surface area (Å²) in [7, 11) is 0. The van der Waals surface area contributed by atoms with Gasteiger partial charge in [-0.15, -0.1) is 10.2 Å². The van der Waals surface area contributed by atoms with Gasteiger partial charge in [0.25, 0.3) is 5.91 Å². The van der Waals surface area contributed by atoms with Gasteiger partial charge in [-0.3, -0.25) is 4.79 Å². The average molecular weight is 534 g/mol. The summed E-state index contributed by atoms with van der Waals surface area (Å²) in [4.78, 5) is 20.6. The minimum absolute atomic E-state index is 0.00315. The molecular formula is C32H35N7O. The Kier molecular flexibility index (Phi) is 7.15. The molecule has 0 saturated carbocycles. The first-order chi connectivity index (χ1) is 19.5. The van der Waals surface area contributed by atoms with E-state index in [1.807, 2.05) is 34.5 Å². The highest BCUT2D eigenvalue weighted by molar-refractivity contribution is 5.99. The molecule has 40 heavy (non-hydrogen) atoms. The molecule has 4 heterocycles. The fourth-order valence-corrected chi connectivity index (χ4v) is 5.91. The van der Waals surface area contributed by atoms with E-state index >= 15 is 0 Å². The Morgan fingerprint density at radius 3 is 2.65 bits per heavy atom. The molecule has 1 aliphatic rings. The van der Waals surface area contributed by atoms with Gasteiger partial charge in [-0.2, -0.15) is 5.10 Å². The molecule has 1 saturated heterocycles. The number of benzene rings is 2. The Balaban J connectivity index is 1.19. The number of carbonyl (C=O) groups excluding carboxylic acids is 1. The molecule has 1 unspecified atom stereocenters. The summed E-state index contributed by atoms with van der Waals surface area (Å²) >= 11 is 0. The normalized spacial score (nSPS) is 15.6. The predicted octanol–water partition coefficient (Wildman–Crippen LogP) is 4.98. The fourth-order valence-electron chi connectivity index (χ4n) is 5.91. The third-order valence-electron chi connectivity index (χ3n) is 8.24. The summed E-state index contributed by atoms with van der Waals surface area (Å²) < 4.78 is 3.95. The largest absolute Gasteiger partial charge is 0.338 e. The maximum atomic E-state index is 13.8. The molecule has 8 nitrogen and oxygen atoms in total. The van der Waals surface area contributed by atoms with Gasteiger partial charge in [0, 0.05) is 37.3 Å². The molecule has 1 atom stereocenters. The second-order valence-corrected chi connectivity index (χ2v) is 11.0. The highest BCUT2D eigenvalue weighted by atomic mass is 16.2. The number of fused-ring (bicyclic) bond motifs is 1. The van der Waals surface area contributed by atoms with Crippen molar-refractivity contribution in [3.63, 3.8) is 0 Å². The number of aromatic nitrogens is 6. The van der Waals surface area contributed by atoms with Crippen molar-refractivity contribution in [2.45, 2.75) is 53.0 Å². The first-order valence-corrected chi connectivity index (χ1v) is 14.1. The van der Waals surface area contributed by atoms with E-state index in [1.165, 1.54) is 16.7 Å². The van der Waals surface area contributed by atoms with E-state index in [1.54, 1.807) is 12.5 Å². The SMILES string of the molecule is Cc1ccccc1Cc1c(C)nc2c(C(=O)N3CCCC(Cc4nncn4Cc4ccccc4)C3)cnn2c1C. The van der Waals surface area contributed by atoms with Gasteiger partial charge in [0.15, 0.2) is 5.65 Å². The Bertz CT molecular complexity index is 1650. The van der Waals surface area contributed by atoms with Crippen LogP contribution in [0.1, 0.15) is 62.7 Å². The fraction of sp³-hybridized carbons (Fsp3) is 0.344. The summed E-state index contributed by atoms with van der Waals surface area (Å²) in [6, 6.07) is 18.8. The Morgan fingerprint density at radius 1 is 1.02 bits per heavy atom. The van der Waals surface area contributed by atoms with Crippen molar-refractivity contribution < 1.29 is 4.79 Å². The predicted molar refractivity (Wildman–Crippen MR) is 154 cm³/mol. The van der Waals surface area contributed by atoms with Gasteiger partial charge in [-0.05, 0) is 61.8 Å². The lowest BCUT2D eigenvalue weighted by molar-refractivity contribution is 0.0673. The van der Waals surface area contributed by atoms with E-state index in [0.29, 0.717) is 23.7 Å². The molecule has 1 aliphatic heterocycles. The van der Waals surface area contributed by atoms with Gasteiger partial charge >= 0.3 is 0 Å². The van der Waals surface area contributed by atoms with Crippen molar-refractivity contribution in [3.8, 4) is 0 Å². The standard InChI is InChI=1S/C32H35N7O/c1-22-10-7-8-14-27(22)17-28-23(2)35-31-29(18-34-39(31)24(28)3)32(40)37-15-9-13-26(20-37)16-30-36-33-21-38(30)19-25-11-5-4-6-12-25/h4-8,10-12,14,18,21,26H,9,13,15-17,19-20H2,1-3H3. The maximum absolute atomic E-state index is 13.8. The smallest absolute Gasteiger partial charge is 0.259 e. The lowest BCUT2D eigenvalue weighted by Gasteiger charge is -2.32. The van der Waals surface area contributed by atoms with Gasteiger partial charge in [-0.25, -0.2) is 9.50 Å². The first-order valence-electron chi connectivity index (χ1n) is 14.1. The minimum atomic E-state index is 0.00315. The van der Waals surface area contributed by atoms with Crippen LogP contribution in [-0.2, 0) is 19.4 Å². The third-order valence-corrected chi connectivity index (χ3v) is 8.24. The Hall–Kier alpha value is -4.33. The summed E-state index contributed by atoms with van der Waals surface area (Å²) in [6.07, 6.45) is 7.11. The van der Waals surface area contributed by atoms with Crippen LogP contribution in [0.2, 0.25) is 0 Å². The number of amides is 1. The van der Waals surface area contributed by atoms with Crippen LogP contribution >= 0.6 is 0 Å². The van der Waals surface area contributed by atoms with Crippen molar-refractivity contribution >= 4 is 11.6 Å². The molecular weight excluding hydrogens is 498 g/mol. The Morgan fingerprint density at radius 2 is 1.82 bits per heavy atom. The van der Waals surface area contributed by atoms with Crippen LogP contribution in [0, 0.1) is 26.7 Å². The first kappa shape index (κ1) is 25.9. The zero-order chi connectivity index (χ0) is 27.6. The monoisotopic (exact) mass is 533 g/mol. The van der Waals surface area contributed by atoms with Crippen LogP contribution in [0.4, 0.5) is 0 Å². The number of likely N-dealkylation sites (tertiary alicyclic amines) is 1. The number of nitrogens with zero attached hydrogens (tertiary/aromatic N) is 7. The molecule has 204 valence electrons. The van der Waals surface area contributed by atoms with E-state index < -0.39 is 0 Å². The summed E-state index contributed by atoms with van der Waals surface area (Å²) in [5.74, 6) is 1.30. The molecule has 0 radical (unpaired) electrons. The van der Waals surface area contributed by atoms with Gasteiger partial charge < -0.3 is 9.47 Å². The molecule has 5 aromatic rings. The molecule has 8 heteroatoms. The van der Waals surface area contributed by atoms with Crippen molar-refractivity contribution in [2.24, 2.45) is 5.92 Å². The lowest BCUT2D eigenvalue weighted by atomic mass is 9.94. The highest BCUT2D eigenvalue weighted by Crippen LogP contribution is 2.25. The van der Waals surface area contributed by atoms with Crippen LogP contribution in [0.3, 0.4) is 0 Å². The van der Waals surface area contributed by atoms with Crippen molar-refractivity contribution in [1.82, 2.24) is 34.3 Å². The van der Waals surface area contributed by atoms with Crippen LogP contribution in [0.25, 0.3) is 5.65 Å². The molecule has 1 amide bonds. The summed E-state index contributed by atoms with van der Waals surface area (Å²) in [5, 5.41) is 13.2. The van der Waals surface area contributed by atoms with E-state index in [0.717, 1.165) is 61.5 Å². The van der Waals surface area contributed by atoms with Gasteiger partial charge in [0.2, 0.25) is 0 Å². The van der Waals surface area contributed by atoms with E-state index in [-0.39, 0.29) is 5.91 Å². The number of rotatable bonds is 7. The lowest BCUT2D eigenvalue weighted by Crippen LogP contribution is -2.40. The molecule has 0 N–H and O–H groups in total. The molecule has 3 aromatic heterocycles. The maximum Gasteiger partial charge on any atom is 0.259 e. The van der Waals surface area contributed by atoms with E-state index in [4.69, 9.17) is 4.98 Å². The zero-order valence-electron chi connectivity index (χ0n) is 23.4. The van der Waals surface area contributed by atoms with Crippen LogP contribution in [0.5, 0.6) is 0 Å². The minimum Gasteiger partial charge on any atom is -0.338 e. The third kappa shape index (κ3) is 5.13. The van der Waals surface area contributed by atoms with Crippen LogP contribution in [0.15, 0.2) is 67.1 Å². The van der Waals surface area contributed by atoms with Crippen LogP contribution < -0.4 is 0 Å². The number of hydrogen-bond donors (Lipinski definition) is 0. The van der Waals surface area contributed by atoms with Gasteiger partial charge in [-0.1, -0.05) is 54.6 Å². The highest BCUT2D eigenvalue weighted by Gasteiger charge is 2.28. The molecule has 0 spiro atoms. The summed E-state index contributed by atoms with van der Waals surface area (Å²) in [6.45, 7) is 8.42. The summed E-state index contributed by atoms with van der Waals surface area (Å²) in [5.41, 5.74) is 8.09. The molecule has 6 rings (SSSR count). The number of carbonyl (C=O) groups is 1. The number of hydrogen-bond acceptors (Lipinski definition) is 5. The van der Waals surface area contributed by atoms with Crippen LogP contribution in [-0.4, -0.2) is 53.3 Å². The molecule has 2 aromatic carbocycles. The quantitative estimate of drug-likeness (QED) is 0.295. The number of piperidine rings is 1. The van der Waals surface area contributed by atoms with E-state index in [9.17, 15) is 4.79 Å². The van der Waals surface area contributed by atoms with Gasteiger partial charge in [0.1, 0.15) is 17.7 Å². The van der Waals surface area contributed by atoms with E-state index in [2.05, 4.69) is 70.1 Å². The number of aryl methyl sites for hydroxylation is 3. The molecule has 1 fully saturated rings. The second kappa shape index (κ2) is 11.0. The van der Waals surface area contributed by atoms with Gasteiger partial charge in [0.05, 0.1) is 12.7 Å². The van der Waals surface area contributed by atoms with Crippen molar-refractivity contribution in [3.05, 3.63) is 112 Å². The average Bonchev–Trinajstić information content (AvgIpc) is 3.59. The van der Waals surface area contributed by atoms with Crippen molar-refractivity contribution in [1.29, 1.82) is 0 Å². The topological polar surface area (TPSA) is 81.2 Å². The second-order valence-electron chi connectivity index (χ2n) is 11.0. The Labute approximate surface area is 234 Å². The molecule has 0 aliphatic carbocycles. The zero-order valence-corrected chi connectivity index (χ0v) is 23.4.